The van der Waals surface area contributed by atoms with Crippen LogP contribution in [-0.2, 0) is 11.3 Å². The third kappa shape index (κ3) is 5.28. The molecule has 27 heavy (non-hydrogen) atoms. The second-order valence-electron chi connectivity index (χ2n) is 7.10. The van der Waals surface area contributed by atoms with E-state index >= 15 is 0 Å². The molecule has 3 rings (SSSR count). The van der Waals surface area contributed by atoms with Crippen molar-refractivity contribution in [3.8, 4) is 0 Å². The topological polar surface area (TPSA) is 35.6 Å². The Morgan fingerprint density at radius 2 is 1.81 bits per heavy atom. The van der Waals surface area contributed by atoms with Gasteiger partial charge in [-0.1, -0.05) is 29.8 Å². The molecule has 1 aliphatic rings. The fourth-order valence-corrected chi connectivity index (χ4v) is 3.48. The summed E-state index contributed by atoms with van der Waals surface area (Å²) in [6.45, 7) is 8.58. The number of anilines is 1. The monoisotopic (exact) mass is 389 g/mol. The highest BCUT2D eigenvalue weighted by Gasteiger charge is 2.19. The number of rotatable bonds is 5. The maximum absolute atomic E-state index is 13.3. The normalized spacial score (nSPS) is 15.7. The molecule has 0 spiro atoms. The van der Waals surface area contributed by atoms with Crippen LogP contribution in [0.1, 0.15) is 16.7 Å². The molecule has 1 heterocycles. The summed E-state index contributed by atoms with van der Waals surface area (Å²) in [5.74, 6) is -0.373. The highest BCUT2D eigenvalue weighted by atomic mass is 35.5. The summed E-state index contributed by atoms with van der Waals surface area (Å²) >= 11 is 5.85. The van der Waals surface area contributed by atoms with Crippen LogP contribution in [0.3, 0.4) is 0 Å². The van der Waals surface area contributed by atoms with E-state index in [0.29, 0.717) is 6.54 Å². The smallest absolute Gasteiger partial charge is 0.238 e. The van der Waals surface area contributed by atoms with Gasteiger partial charge in [0.05, 0.1) is 11.6 Å². The highest BCUT2D eigenvalue weighted by molar-refractivity contribution is 6.30. The Hall–Kier alpha value is -1.95. The number of carbonyl (C=O) groups excluding carboxylic acids is 1. The van der Waals surface area contributed by atoms with Crippen LogP contribution in [-0.4, -0.2) is 48.4 Å². The van der Waals surface area contributed by atoms with Gasteiger partial charge in [-0.3, -0.25) is 14.6 Å². The Morgan fingerprint density at radius 1 is 1.11 bits per heavy atom. The lowest BCUT2D eigenvalue weighted by Gasteiger charge is -2.34. The van der Waals surface area contributed by atoms with Gasteiger partial charge in [0.15, 0.2) is 0 Å². The Labute approximate surface area is 164 Å². The third-order valence-corrected chi connectivity index (χ3v) is 5.39. The van der Waals surface area contributed by atoms with Crippen molar-refractivity contribution in [3.05, 3.63) is 63.9 Å². The number of piperazine rings is 1. The average molecular weight is 390 g/mol. The molecule has 1 saturated heterocycles. The average Bonchev–Trinajstić information content (AvgIpc) is 2.64. The number of nitrogens with zero attached hydrogens (tertiary/aromatic N) is 2. The molecule has 1 amide bonds. The minimum atomic E-state index is -0.389. The van der Waals surface area contributed by atoms with Crippen molar-refractivity contribution in [2.75, 3.05) is 38.0 Å². The van der Waals surface area contributed by atoms with Crippen LogP contribution >= 0.6 is 11.6 Å². The molecule has 144 valence electrons. The summed E-state index contributed by atoms with van der Waals surface area (Å²) in [5.41, 5.74) is 4.16. The summed E-state index contributed by atoms with van der Waals surface area (Å²) in [7, 11) is 0. The van der Waals surface area contributed by atoms with Gasteiger partial charge in [0, 0.05) is 38.4 Å². The van der Waals surface area contributed by atoms with Crippen LogP contribution in [0.5, 0.6) is 0 Å². The van der Waals surface area contributed by atoms with Gasteiger partial charge in [-0.15, -0.1) is 0 Å². The number of benzene rings is 2. The molecule has 4 nitrogen and oxygen atoms in total. The molecular formula is C21H25ClFN3O. The number of hydrogen-bond donors (Lipinski definition) is 1. The molecular weight excluding hydrogens is 365 g/mol. The predicted molar refractivity (Wildman–Crippen MR) is 108 cm³/mol. The van der Waals surface area contributed by atoms with Crippen LogP contribution < -0.4 is 5.32 Å². The van der Waals surface area contributed by atoms with Crippen molar-refractivity contribution in [2.45, 2.75) is 20.4 Å². The minimum Gasteiger partial charge on any atom is -0.325 e. The Balaban J connectivity index is 1.47. The summed E-state index contributed by atoms with van der Waals surface area (Å²) in [5, 5.41) is 3.18. The zero-order chi connectivity index (χ0) is 19.4. The van der Waals surface area contributed by atoms with Crippen molar-refractivity contribution >= 4 is 23.2 Å². The molecule has 0 atom stereocenters. The molecule has 0 bridgehead atoms. The zero-order valence-electron chi connectivity index (χ0n) is 15.8. The third-order valence-electron chi connectivity index (χ3n) is 5.10. The van der Waals surface area contributed by atoms with Gasteiger partial charge in [0.2, 0.25) is 5.91 Å². The summed E-state index contributed by atoms with van der Waals surface area (Å²) in [4.78, 5) is 16.8. The highest BCUT2D eigenvalue weighted by Crippen LogP contribution is 2.19. The van der Waals surface area contributed by atoms with Crippen LogP contribution in [0.15, 0.2) is 36.4 Å². The predicted octanol–water partition coefficient (Wildman–Crippen LogP) is 3.85. The number of amides is 1. The maximum Gasteiger partial charge on any atom is 0.238 e. The summed E-state index contributed by atoms with van der Waals surface area (Å²) in [6.07, 6.45) is 0. The zero-order valence-corrected chi connectivity index (χ0v) is 16.5. The van der Waals surface area contributed by atoms with Gasteiger partial charge >= 0.3 is 0 Å². The lowest BCUT2D eigenvalue weighted by atomic mass is 10.1. The van der Waals surface area contributed by atoms with Crippen molar-refractivity contribution in [3.63, 3.8) is 0 Å². The maximum atomic E-state index is 13.3. The summed E-state index contributed by atoms with van der Waals surface area (Å²) < 4.78 is 13.3. The number of nitrogens with one attached hydrogen (secondary N) is 1. The SMILES string of the molecule is Cc1cccc(NC(=O)CN2CCN(Cc3ccc(F)c(Cl)c3)CC2)c1C. The second-order valence-corrected chi connectivity index (χ2v) is 7.50. The lowest BCUT2D eigenvalue weighted by molar-refractivity contribution is -0.117. The van der Waals surface area contributed by atoms with Gasteiger partial charge in [-0.05, 0) is 48.7 Å². The molecule has 0 aromatic heterocycles. The van der Waals surface area contributed by atoms with E-state index in [0.717, 1.165) is 49.5 Å². The van der Waals surface area contributed by atoms with E-state index in [1.165, 1.54) is 11.6 Å². The molecule has 1 N–H and O–H groups in total. The Bertz CT molecular complexity index is 819. The number of halogens is 2. The van der Waals surface area contributed by atoms with Crippen LogP contribution in [0.4, 0.5) is 10.1 Å². The first-order valence-corrected chi connectivity index (χ1v) is 9.55. The van der Waals surface area contributed by atoms with Gasteiger partial charge in [-0.25, -0.2) is 4.39 Å². The van der Waals surface area contributed by atoms with Gasteiger partial charge in [0.1, 0.15) is 5.82 Å². The van der Waals surface area contributed by atoms with Crippen molar-refractivity contribution in [2.24, 2.45) is 0 Å². The number of hydrogen-bond acceptors (Lipinski definition) is 3. The molecule has 0 saturated carbocycles. The standard InChI is InChI=1S/C21H25ClFN3O/c1-15-4-3-5-20(16(15)2)24-21(27)14-26-10-8-25(9-11-26)13-17-6-7-19(23)18(22)12-17/h3-7,12H,8-11,13-14H2,1-2H3,(H,24,27). The van der Waals surface area contributed by atoms with E-state index in [1.807, 2.05) is 32.0 Å². The van der Waals surface area contributed by atoms with E-state index in [4.69, 9.17) is 11.6 Å². The Morgan fingerprint density at radius 3 is 2.52 bits per heavy atom. The molecule has 1 fully saturated rings. The van der Waals surface area contributed by atoms with Crippen LogP contribution in [0.25, 0.3) is 0 Å². The van der Waals surface area contributed by atoms with E-state index in [2.05, 4.69) is 15.1 Å². The van der Waals surface area contributed by atoms with Crippen molar-refractivity contribution in [1.82, 2.24) is 9.80 Å². The molecule has 6 heteroatoms. The van der Waals surface area contributed by atoms with E-state index in [-0.39, 0.29) is 16.7 Å². The quantitative estimate of drug-likeness (QED) is 0.843. The molecule has 0 unspecified atom stereocenters. The molecule has 0 radical (unpaired) electrons. The fraction of sp³-hybridized carbons (Fsp3) is 0.381. The van der Waals surface area contributed by atoms with E-state index in [1.54, 1.807) is 12.1 Å². The van der Waals surface area contributed by atoms with Crippen molar-refractivity contribution in [1.29, 1.82) is 0 Å². The second kappa shape index (κ2) is 8.83. The molecule has 0 aliphatic carbocycles. The molecule has 1 aliphatic heterocycles. The van der Waals surface area contributed by atoms with E-state index < -0.39 is 0 Å². The first-order chi connectivity index (χ1) is 12.9. The van der Waals surface area contributed by atoms with Gasteiger partial charge < -0.3 is 5.32 Å². The fourth-order valence-electron chi connectivity index (χ4n) is 3.28. The lowest BCUT2D eigenvalue weighted by Crippen LogP contribution is -2.48. The van der Waals surface area contributed by atoms with Crippen LogP contribution in [0.2, 0.25) is 5.02 Å². The summed E-state index contributed by atoms with van der Waals surface area (Å²) in [6, 6.07) is 10.8. The molecule has 2 aromatic carbocycles. The number of carbonyl (C=O) groups is 1. The van der Waals surface area contributed by atoms with E-state index in [9.17, 15) is 9.18 Å². The first kappa shape index (κ1) is 19.8. The van der Waals surface area contributed by atoms with Crippen molar-refractivity contribution < 1.29 is 9.18 Å². The van der Waals surface area contributed by atoms with Crippen LogP contribution in [0, 0.1) is 19.7 Å². The number of aryl methyl sites for hydroxylation is 1. The largest absolute Gasteiger partial charge is 0.325 e. The molecule has 2 aromatic rings. The Kier molecular flexibility index (Phi) is 6.47. The van der Waals surface area contributed by atoms with Gasteiger partial charge in [0.25, 0.3) is 0 Å². The minimum absolute atomic E-state index is 0.0162. The first-order valence-electron chi connectivity index (χ1n) is 9.17. The van der Waals surface area contributed by atoms with Gasteiger partial charge in [-0.2, -0.15) is 0 Å².